The first-order valence-electron chi connectivity index (χ1n) is 12.4. The van der Waals surface area contributed by atoms with E-state index in [2.05, 4.69) is 5.32 Å². The Balaban J connectivity index is 1.37. The van der Waals surface area contributed by atoms with Gasteiger partial charge >= 0.3 is 6.18 Å². The second-order valence-corrected chi connectivity index (χ2v) is 10.6. The van der Waals surface area contributed by atoms with Gasteiger partial charge in [-0.3, -0.25) is 9.59 Å². The normalized spacial score (nSPS) is 20.8. The number of carbonyl (C=O) groups is 2. The summed E-state index contributed by atoms with van der Waals surface area (Å²) in [6, 6.07) is 9.55. The number of hydrogen-bond donors (Lipinski definition) is 1. The fraction of sp³-hybridized carbons (Fsp3) is 0.444. The minimum absolute atomic E-state index is 0.0101. The monoisotopic (exact) mass is 550 g/mol. The van der Waals surface area contributed by atoms with Gasteiger partial charge in [-0.2, -0.15) is 18.4 Å². The molecule has 206 valence electrons. The number of hydrogen-bond acceptors (Lipinski definition) is 4. The molecule has 0 unspecified atom stereocenters. The van der Waals surface area contributed by atoms with E-state index in [0.717, 1.165) is 18.2 Å². The minimum Gasteiger partial charge on any atom is -0.357 e. The largest absolute Gasteiger partial charge is 0.416 e. The quantitative estimate of drug-likeness (QED) is 0.551. The maximum Gasteiger partial charge on any atom is 0.416 e. The first-order valence-corrected chi connectivity index (χ1v) is 12.4. The summed E-state index contributed by atoms with van der Waals surface area (Å²) >= 11 is 0. The zero-order valence-corrected chi connectivity index (χ0v) is 20.6. The molecule has 3 fully saturated rings. The molecule has 2 amide bonds. The standard InChI is InChI=1S/C27H24F6N4O2/c28-21-7-17(12-34)3-6-22(21)36-14-23(38)37(13-16-1-4-19(5-2-16)27(31,32)33)25(15-36)8-18(9-25)24(39)35-20-10-26(29,30)11-20/h1-7,18,20H,8-11,13-15H2,(H,35,39). The molecule has 6 nitrogen and oxygen atoms in total. The SMILES string of the molecule is N#Cc1ccc(N2CC(=O)N(Cc3ccc(C(F)(F)F)cc3)C3(CC(C(=O)NC4CC(F)(F)C4)C3)C2)c(F)c1. The van der Waals surface area contributed by atoms with E-state index < -0.39 is 65.6 Å². The molecule has 2 saturated carbocycles. The van der Waals surface area contributed by atoms with E-state index in [1.807, 2.05) is 6.07 Å². The molecule has 2 aromatic carbocycles. The summed E-state index contributed by atoms with van der Waals surface area (Å²) in [5.74, 6) is -4.84. The van der Waals surface area contributed by atoms with E-state index in [-0.39, 0.29) is 43.7 Å². The van der Waals surface area contributed by atoms with Crippen molar-refractivity contribution in [3.8, 4) is 6.07 Å². The lowest BCUT2D eigenvalue weighted by molar-refractivity contribution is -0.155. The van der Waals surface area contributed by atoms with Crippen LogP contribution in [0.3, 0.4) is 0 Å². The molecule has 0 aromatic heterocycles. The van der Waals surface area contributed by atoms with Crippen molar-refractivity contribution < 1.29 is 35.9 Å². The van der Waals surface area contributed by atoms with Gasteiger partial charge < -0.3 is 15.1 Å². The van der Waals surface area contributed by atoms with Crippen molar-refractivity contribution >= 4 is 17.5 Å². The van der Waals surface area contributed by atoms with Crippen molar-refractivity contribution in [3.63, 3.8) is 0 Å². The highest BCUT2D eigenvalue weighted by molar-refractivity contribution is 5.86. The highest BCUT2D eigenvalue weighted by Crippen LogP contribution is 2.47. The highest BCUT2D eigenvalue weighted by Gasteiger charge is 2.56. The van der Waals surface area contributed by atoms with Crippen LogP contribution in [-0.2, 0) is 22.3 Å². The number of amides is 2. The van der Waals surface area contributed by atoms with Gasteiger partial charge in [-0.25, -0.2) is 13.2 Å². The third-order valence-corrected chi connectivity index (χ3v) is 7.78. The van der Waals surface area contributed by atoms with E-state index in [1.165, 1.54) is 34.1 Å². The van der Waals surface area contributed by atoms with Crippen LogP contribution in [0, 0.1) is 23.1 Å². The number of nitrogens with zero attached hydrogens (tertiary/aromatic N) is 3. The Labute approximate surface area is 220 Å². The van der Waals surface area contributed by atoms with E-state index in [0.29, 0.717) is 5.56 Å². The summed E-state index contributed by atoms with van der Waals surface area (Å²) in [7, 11) is 0. The third kappa shape index (κ3) is 5.27. The lowest BCUT2D eigenvalue weighted by Gasteiger charge is -2.58. The van der Waals surface area contributed by atoms with Crippen LogP contribution in [0.4, 0.5) is 32.0 Å². The molecule has 5 rings (SSSR count). The zero-order chi connectivity index (χ0) is 28.2. The number of nitriles is 1. The topological polar surface area (TPSA) is 76.4 Å². The fourth-order valence-electron chi connectivity index (χ4n) is 5.73. The van der Waals surface area contributed by atoms with E-state index >= 15 is 0 Å². The molecule has 12 heteroatoms. The van der Waals surface area contributed by atoms with Crippen molar-refractivity contribution in [3.05, 3.63) is 65.0 Å². The lowest BCUT2D eigenvalue weighted by Crippen LogP contribution is -2.71. The Morgan fingerprint density at radius 2 is 1.74 bits per heavy atom. The summed E-state index contributed by atoms with van der Waals surface area (Å²) in [4.78, 5) is 29.2. The van der Waals surface area contributed by atoms with Gasteiger partial charge in [0.25, 0.3) is 5.92 Å². The number of halogens is 6. The molecule has 2 aliphatic carbocycles. The van der Waals surface area contributed by atoms with Crippen molar-refractivity contribution in [2.24, 2.45) is 5.92 Å². The van der Waals surface area contributed by atoms with Gasteiger partial charge in [-0.1, -0.05) is 12.1 Å². The Morgan fingerprint density at radius 3 is 2.31 bits per heavy atom. The molecule has 1 saturated heterocycles. The van der Waals surface area contributed by atoms with E-state index in [4.69, 9.17) is 5.26 Å². The predicted molar refractivity (Wildman–Crippen MR) is 127 cm³/mol. The molecule has 1 heterocycles. The van der Waals surface area contributed by atoms with Crippen LogP contribution in [-0.4, -0.2) is 47.3 Å². The number of benzene rings is 2. The minimum atomic E-state index is -4.51. The molecule has 0 bridgehead atoms. The fourth-order valence-corrected chi connectivity index (χ4v) is 5.73. The summed E-state index contributed by atoms with van der Waals surface area (Å²) < 4.78 is 80.2. The number of rotatable bonds is 5. The van der Waals surface area contributed by atoms with Gasteiger partial charge in [0.05, 0.1) is 35.0 Å². The number of alkyl halides is 5. The summed E-state index contributed by atoms with van der Waals surface area (Å²) in [6.07, 6.45) is -5.00. The summed E-state index contributed by atoms with van der Waals surface area (Å²) in [5, 5.41) is 11.7. The Bertz CT molecular complexity index is 1320. The number of carbonyl (C=O) groups excluding carboxylic acids is 2. The van der Waals surface area contributed by atoms with Crippen molar-refractivity contribution in [2.45, 2.75) is 55.9 Å². The molecule has 2 aromatic rings. The molecular formula is C27H24F6N4O2. The molecule has 1 N–H and O–H groups in total. The Kier molecular flexibility index (Phi) is 6.51. The maximum absolute atomic E-state index is 14.8. The smallest absolute Gasteiger partial charge is 0.357 e. The molecule has 1 aliphatic heterocycles. The zero-order valence-electron chi connectivity index (χ0n) is 20.6. The number of nitrogens with one attached hydrogen (secondary N) is 1. The van der Waals surface area contributed by atoms with Crippen molar-refractivity contribution in [1.29, 1.82) is 5.26 Å². The maximum atomic E-state index is 14.8. The molecular weight excluding hydrogens is 526 g/mol. The molecule has 39 heavy (non-hydrogen) atoms. The summed E-state index contributed by atoms with van der Waals surface area (Å²) in [6.45, 7) is -0.0729. The van der Waals surface area contributed by atoms with Crippen LogP contribution in [0.1, 0.15) is 42.4 Å². The Hall–Kier alpha value is -3.75. The van der Waals surface area contributed by atoms with Crippen LogP contribution in [0.2, 0.25) is 0 Å². The van der Waals surface area contributed by atoms with Gasteiger partial charge in [0.15, 0.2) is 0 Å². The van der Waals surface area contributed by atoms with Crippen molar-refractivity contribution in [1.82, 2.24) is 10.2 Å². The van der Waals surface area contributed by atoms with Crippen LogP contribution in [0.15, 0.2) is 42.5 Å². The van der Waals surface area contributed by atoms with Gasteiger partial charge in [-0.05, 0) is 48.7 Å². The van der Waals surface area contributed by atoms with Crippen LogP contribution in [0.5, 0.6) is 0 Å². The first kappa shape index (κ1) is 26.8. The first-order chi connectivity index (χ1) is 18.3. The lowest BCUT2D eigenvalue weighted by atomic mass is 9.65. The second kappa shape index (κ2) is 9.47. The van der Waals surface area contributed by atoms with Crippen molar-refractivity contribution in [2.75, 3.05) is 18.0 Å². The molecule has 0 atom stereocenters. The second-order valence-electron chi connectivity index (χ2n) is 10.6. The average molecular weight is 551 g/mol. The molecule has 3 aliphatic rings. The van der Waals surface area contributed by atoms with E-state index in [1.54, 1.807) is 0 Å². The van der Waals surface area contributed by atoms with Gasteiger partial charge in [-0.15, -0.1) is 0 Å². The van der Waals surface area contributed by atoms with Gasteiger partial charge in [0.2, 0.25) is 11.8 Å². The van der Waals surface area contributed by atoms with Gasteiger partial charge in [0.1, 0.15) is 5.82 Å². The average Bonchev–Trinajstić information content (AvgIpc) is 2.82. The molecule has 0 radical (unpaired) electrons. The third-order valence-electron chi connectivity index (χ3n) is 7.78. The van der Waals surface area contributed by atoms with E-state index in [9.17, 15) is 35.9 Å². The van der Waals surface area contributed by atoms with Crippen LogP contribution in [0.25, 0.3) is 0 Å². The van der Waals surface area contributed by atoms with Crippen LogP contribution >= 0.6 is 0 Å². The number of piperazine rings is 1. The Morgan fingerprint density at radius 1 is 1.08 bits per heavy atom. The summed E-state index contributed by atoms with van der Waals surface area (Å²) in [5.41, 5.74) is -1.07. The number of anilines is 1. The van der Waals surface area contributed by atoms with Gasteiger partial charge in [0, 0.05) is 37.9 Å². The molecule has 1 spiro atoms. The van der Waals surface area contributed by atoms with Crippen LogP contribution < -0.4 is 10.2 Å². The predicted octanol–water partition coefficient (Wildman–Crippen LogP) is 4.63. The highest BCUT2D eigenvalue weighted by atomic mass is 19.4.